The summed E-state index contributed by atoms with van der Waals surface area (Å²) in [6.45, 7) is 9.57. The number of carboxylic acid groups (broad SMARTS) is 1. The molecule has 120 valence electrons. The Hall–Kier alpha value is -0.950. The minimum absolute atomic E-state index is 0.0638. The van der Waals surface area contributed by atoms with E-state index in [4.69, 9.17) is 0 Å². The van der Waals surface area contributed by atoms with Gasteiger partial charge in [0.05, 0.1) is 5.37 Å². The highest BCUT2D eigenvalue weighted by Crippen LogP contribution is 2.31. The molecular formula is C14H25N3O3S. The van der Waals surface area contributed by atoms with Crippen LogP contribution in [0, 0.1) is 0 Å². The number of rotatable bonds is 4. The first kappa shape index (κ1) is 16.4. The minimum Gasteiger partial charge on any atom is -0.480 e. The molecule has 2 rings (SSSR count). The molecule has 21 heavy (non-hydrogen) atoms. The number of aliphatic carboxylic acids is 1. The van der Waals surface area contributed by atoms with Gasteiger partial charge in [-0.3, -0.25) is 9.80 Å². The molecule has 6 nitrogen and oxygen atoms in total. The number of nitrogens with zero attached hydrogens (tertiary/aromatic N) is 3. The number of amides is 2. The summed E-state index contributed by atoms with van der Waals surface area (Å²) in [5, 5.41) is 9.21. The summed E-state index contributed by atoms with van der Waals surface area (Å²) in [7, 11) is 0. The molecule has 2 amide bonds. The van der Waals surface area contributed by atoms with E-state index in [0.717, 1.165) is 26.1 Å². The van der Waals surface area contributed by atoms with Crippen LogP contribution in [-0.4, -0.2) is 81.2 Å². The number of hydrogen-bond donors (Lipinski definition) is 1. The molecule has 0 aromatic heterocycles. The molecule has 2 saturated heterocycles. The second kappa shape index (κ2) is 6.87. The SMILES string of the molecule is CCN(CC)C1CCN(C(=O)N2C(C)SCC2C(=O)O)C1. The van der Waals surface area contributed by atoms with Gasteiger partial charge in [-0.2, -0.15) is 0 Å². The van der Waals surface area contributed by atoms with Crippen molar-refractivity contribution in [1.82, 2.24) is 14.7 Å². The van der Waals surface area contributed by atoms with Crippen LogP contribution in [0.1, 0.15) is 27.2 Å². The molecule has 0 spiro atoms. The smallest absolute Gasteiger partial charge is 0.327 e. The standard InChI is InChI=1S/C14H25N3O3S/c1-4-15(5-2)11-6-7-16(8-11)14(20)17-10(3)21-9-12(17)13(18)19/h10-12H,4-9H2,1-3H3,(H,18,19). The fourth-order valence-corrected chi connectivity index (χ4v) is 4.40. The van der Waals surface area contributed by atoms with Crippen molar-refractivity contribution in [3.63, 3.8) is 0 Å². The van der Waals surface area contributed by atoms with E-state index >= 15 is 0 Å². The van der Waals surface area contributed by atoms with Crippen molar-refractivity contribution in [3.8, 4) is 0 Å². The molecule has 1 N–H and O–H groups in total. The summed E-state index contributed by atoms with van der Waals surface area (Å²) in [6, 6.07) is -0.405. The lowest BCUT2D eigenvalue weighted by Gasteiger charge is -2.31. The predicted molar refractivity (Wildman–Crippen MR) is 83.5 cm³/mol. The van der Waals surface area contributed by atoms with Crippen LogP contribution in [0.15, 0.2) is 0 Å². The normalized spacial score (nSPS) is 29.4. The number of likely N-dealkylation sites (N-methyl/N-ethyl adjacent to an activating group) is 1. The summed E-state index contributed by atoms with van der Waals surface area (Å²) in [5.41, 5.74) is 0. The molecule has 0 saturated carbocycles. The van der Waals surface area contributed by atoms with Gasteiger partial charge in [0.1, 0.15) is 6.04 Å². The maximum absolute atomic E-state index is 12.7. The van der Waals surface area contributed by atoms with Crippen molar-refractivity contribution in [2.45, 2.75) is 44.6 Å². The van der Waals surface area contributed by atoms with Gasteiger partial charge in [-0.1, -0.05) is 13.8 Å². The quantitative estimate of drug-likeness (QED) is 0.849. The van der Waals surface area contributed by atoms with Crippen molar-refractivity contribution < 1.29 is 14.7 Å². The van der Waals surface area contributed by atoms with Crippen molar-refractivity contribution in [2.75, 3.05) is 31.9 Å². The Morgan fingerprint density at radius 2 is 2.00 bits per heavy atom. The second-order valence-corrected chi connectivity index (χ2v) is 6.94. The third kappa shape index (κ3) is 3.29. The summed E-state index contributed by atoms with van der Waals surface area (Å²) < 4.78 is 0. The third-order valence-electron chi connectivity index (χ3n) is 4.49. The molecule has 0 radical (unpaired) electrons. The summed E-state index contributed by atoms with van der Waals surface area (Å²) in [5.74, 6) is -0.421. The van der Waals surface area contributed by atoms with Crippen LogP contribution in [0.25, 0.3) is 0 Å². The molecule has 0 aromatic carbocycles. The van der Waals surface area contributed by atoms with Gasteiger partial charge in [-0.25, -0.2) is 9.59 Å². The van der Waals surface area contributed by atoms with E-state index in [9.17, 15) is 14.7 Å². The van der Waals surface area contributed by atoms with Crippen LogP contribution in [0.5, 0.6) is 0 Å². The zero-order valence-corrected chi connectivity index (χ0v) is 13.8. The summed E-state index contributed by atoms with van der Waals surface area (Å²) >= 11 is 1.53. The Balaban J connectivity index is 2.02. The zero-order chi connectivity index (χ0) is 15.6. The molecule has 7 heteroatoms. The number of hydrogen-bond acceptors (Lipinski definition) is 4. The number of urea groups is 1. The number of carbonyl (C=O) groups is 2. The van der Waals surface area contributed by atoms with Crippen LogP contribution in [0.3, 0.4) is 0 Å². The molecule has 3 unspecified atom stereocenters. The highest BCUT2D eigenvalue weighted by molar-refractivity contribution is 8.00. The number of carboxylic acids is 1. The molecule has 3 atom stereocenters. The molecule has 2 aliphatic rings. The zero-order valence-electron chi connectivity index (χ0n) is 13.0. The van der Waals surface area contributed by atoms with E-state index in [0.29, 0.717) is 18.3 Å². The van der Waals surface area contributed by atoms with Crippen molar-refractivity contribution in [3.05, 3.63) is 0 Å². The predicted octanol–water partition coefficient (Wildman–Crippen LogP) is 1.37. The van der Waals surface area contributed by atoms with Crippen molar-refractivity contribution >= 4 is 23.8 Å². The van der Waals surface area contributed by atoms with Crippen LogP contribution in [0.2, 0.25) is 0 Å². The highest BCUT2D eigenvalue weighted by atomic mass is 32.2. The fourth-order valence-electron chi connectivity index (χ4n) is 3.24. The first-order valence-corrected chi connectivity index (χ1v) is 8.70. The Morgan fingerprint density at radius 3 is 2.57 bits per heavy atom. The van der Waals surface area contributed by atoms with Crippen molar-refractivity contribution in [1.29, 1.82) is 0 Å². The lowest BCUT2D eigenvalue weighted by Crippen LogP contribution is -2.51. The number of thioether (sulfide) groups is 1. The Kier molecular flexibility index (Phi) is 5.37. The van der Waals surface area contributed by atoms with E-state index in [2.05, 4.69) is 18.7 Å². The topological polar surface area (TPSA) is 64.1 Å². The van der Waals surface area contributed by atoms with Gasteiger partial charge in [0.15, 0.2) is 0 Å². The van der Waals surface area contributed by atoms with E-state index in [1.807, 2.05) is 11.8 Å². The Labute approximate surface area is 130 Å². The molecule has 2 aliphatic heterocycles. The van der Waals surface area contributed by atoms with Crippen LogP contribution in [0.4, 0.5) is 4.79 Å². The molecule has 0 aromatic rings. The van der Waals surface area contributed by atoms with E-state index in [-0.39, 0.29) is 11.4 Å². The molecule has 0 aliphatic carbocycles. The third-order valence-corrected chi connectivity index (χ3v) is 5.71. The Bertz CT molecular complexity index is 403. The second-order valence-electron chi connectivity index (χ2n) is 5.59. The number of carbonyl (C=O) groups excluding carboxylic acids is 1. The van der Waals surface area contributed by atoms with Gasteiger partial charge in [0.2, 0.25) is 0 Å². The van der Waals surface area contributed by atoms with Crippen molar-refractivity contribution in [2.24, 2.45) is 0 Å². The molecule has 2 fully saturated rings. The van der Waals surface area contributed by atoms with Gasteiger partial charge < -0.3 is 10.0 Å². The monoisotopic (exact) mass is 315 g/mol. The van der Waals surface area contributed by atoms with E-state index < -0.39 is 12.0 Å². The van der Waals surface area contributed by atoms with Gasteiger partial charge >= 0.3 is 12.0 Å². The van der Waals surface area contributed by atoms with Crippen LogP contribution >= 0.6 is 11.8 Å². The molecule has 0 bridgehead atoms. The van der Waals surface area contributed by atoms with Crippen LogP contribution in [-0.2, 0) is 4.79 Å². The van der Waals surface area contributed by atoms with E-state index in [1.54, 1.807) is 0 Å². The van der Waals surface area contributed by atoms with Gasteiger partial charge in [0, 0.05) is 24.9 Å². The Morgan fingerprint density at radius 1 is 1.33 bits per heavy atom. The minimum atomic E-state index is -0.903. The summed E-state index contributed by atoms with van der Waals surface area (Å²) in [6.07, 6.45) is 0.973. The lowest BCUT2D eigenvalue weighted by atomic mass is 10.2. The maximum Gasteiger partial charge on any atom is 0.327 e. The summed E-state index contributed by atoms with van der Waals surface area (Å²) in [4.78, 5) is 29.7. The van der Waals surface area contributed by atoms with Gasteiger partial charge in [-0.05, 0) is 26.4 Å². The fraction of sp³-hybridized carbons (Fsp3) is 0.857. The average Bonchev–Trinajstić information content (AvgIpc) is 3.06. The molecule has 2 heterocycles. The van der Waals surface area contributed by atoms with Gasteiger partial charge in [-0.15, -0.1) is 11.8 Å². The molecular weight excluding hydrogens is 290 g/mol. The largest absolute Gasteiger partial charge is 0.480 e. The van der Waals surface area contributed by atoms with Crippen LogP contribution < -0.4 is 0 Å². The first-order valence-electron chi connectivity index (χ1n) is 7.65. The first-order chi connectivity index (χ1) is 9.99. The lowest BCUT2D eigenvalue weighted by molar-refractivity contribution is -0.141. The number of likely N-dealkylation sites (tertiary alicyclic amines) is 1. The maximum atomic E-state index is 12.7. The van der Waals surface area contributed by atoms with Gasteiger partial charge in [0.25, 0.3) is 0 Å². The highest BCUT2D eigenvalue weighted by Gasteiger charge is 2.42. The van der Waals surface area contributed by atoms with E-state index in [1.165, 1.54) is 16.7 Å². The average molecular weight is 315 g/mol.